The number of rotatable bonds is 51. The van der Waals surface area contributed by atoms with E-state index < -0.39 is 18.2 Å². The van der Waals surface area contributed by atoms with Crippen LogP contribution in [0.25, 0.3) is 0 Å². The lowest BCUT2D eigenvalue weighted by atomic mass is 10.0. The van der Waals surface area contributed by atoms with Crippen LogP contribution in [0.5, 0.6) is 0 Å². The van der Waals surface area contributed by atoms with E-state index in [4.69, 9.17) is 4.74 Å². The average Bonchev–Trinajstić information content (AvgIpc) is 3.30. The summed E-state index contributed by atoms with van der Waals surface area (Å²) in [5, 5.41) is 23.9. The van der Waals surface area contributed by atoms with Gasteiger partial charge in [0.25, 0.3) is 0 Å². The summed E-state index contributed by atoms with van der Waals surface area (Å²) in [5.74, 6) is -0.491. The zero-order chi connectivity index (χ0) is 47.4. The highest BCUT2D eigenvalue weighted by atomic mass is 16.5. The minimum atomic E-state index is -0.795. The molecule has 0 rings (SSSR count). The lowest BCUT2D eigenvalue weighted by Crippen LogP contribution is -2.46. The molecule has 6 nitrogen and oxygen atoms in total. The van der Waals surface area contributed by atoms with Crippen LogP contribution in [0.15, 0.2) is 48.6 Å². The monoisotopic (exact) mass is 912 g/mol. The topological polar surface area (TPSA) is 95.9 Å². The molecule has 0 aromatic heterocycles. The summed E-state index contributed by atoms with van der Waals surface area (Å²) >= 11 is 0. The van der Waals surface area contributed by atoms with E-state index >= 15 is 0 Å². The molecule has 0 saturated carbocycles. The molecule has 0 heterocycles. The molecule has 0 aromatic rings. The molecule has 0 spiro atoms. The highest BCUT2D eigenvalue weighted by molar-refractivity contribution is 5.77. The molecule has 0 fully saturated rings. The summed E-state index contributed by atoms with van der Waals surface area (Å²) in [6, 6.07) is -0.710. The number of allylic oxidation sites excluding steroid dienone is 8. The maximum absolute atomic E-state index is 13.3. The number of carbonyl (C=O) groups excluding carboxylic acids is 2. The molecule has 0 bridgehead atoms. The van der Waals surface area contributed by atoms with E-state index in [9.17, 15) is 19.8 Å². The van der Waals surface area contributed by atoms with Crippen LogP contribution in [0.1, 0.15) is 290 Å². The van der Waals surface area contributed by atoms with Crippen molar-refractivity contribution >= 4 is 11.9 Å². The first-order valence-corrected chi connectivity index (χ1v) is 28.4. The van der Waals surface area contributed by atoms with Crippen molar-refractivity contribution in [2.75, 3.05) is 6.61 Å². The Hall–Kier alpha value is -2.18. The van der Waals surface area contributed by atoms with Crippen molar-refractivity contribution in [2.24, 2.45) is 0 Å². The van der Waals surface area contributed by atoms with Gasteiger partial charge >= 0.3 is 5.97 Å². The molecule has 0 aromatic carbocycles. The van der Waals surface area contributed by atoms with Crippen molar-refractivity contribution in [3.8, 4) is 0 Å². The van der Waals surface area contributed by atoms with Crippen molar-refractivity contribution in [1.29, 1.82) is 0 Å². The number of ether oxygens (including phenoxy) is 1. The Morgan fingerprint density at radius 1 is 0.462 bits per heavy atom. The van der Waals surface area contributed by atoms with Crippen molar-refractivity contribution in [1.82, 2.24) is 5.32 Å². The summed E-state index contributed by atoms with van der Waals surface area (Å²) in [4.78, 5) is 26.2. The number of hydrogen-bond donors (Lipinski definition) is 3. The van der Waals surface area contributed by atoms with Gasteiger partial charge in [0.05, 0.1) is 25.2 Å². The van der Waals surface area contributed by atoms with E-state index in [0.29, 0.717) is 19.3 Å². The maximum Gasteiger partial charge on any atom is 0.306 e. The van der Waals surface area contributed by atoms with Gasteiger partial charge in [-0.3, -0.25) is 9.59 Å². The van der Waals surface area contributed by atoms with Gasteiger partial charge in [-0.25, -0.2) is 0 Å². The van der Waals surface area contributed by atoms with Gasteiger partial charge in [0.1, 0.15) is 6.10 Å². The van der Waals surface area contributed by atoms with Crippen LogP contribution >= 0.6 is 0 Å². The first kappa shape index (κ1) is 62.8. The number of aliphatic hydroxyl groups is 2. The summed E-state index contributed by atoms with van der Waals surface area (Å²) in [6.45, 7) is 6.39. The Balaban J connectivity index is 4.56. The highest BCUT2D eigenvalue weighted by Crippen LogP contribution is 2.18. The third-order valence-corrected chi connectivity index (χ3v) is 12.9. The summed E-state index contributed by atoms with van der Waals surface area (Å²) in [5.41, 5.74) is 0. The number of aliphatic hydroxyl groups excluding tert-OH is 2. The fourth-order valence-corrected chi connectivity index (χ4v) is 8.62. The second-order valence-electron chi connectivity index (χ2n) is 19.3. The molecular formula is C59H109NO5. The predicted molar refractivity (Wildman–Crippen MR) is 282 cm³/mol. The third-order valence-electron chi connectivity index (χ3n) is 12.9. The minimum absolute atomic E-state index is 0.0621. The zero-order valence-corrected chi connectivity index (χ0v) is 43.4. The van der Waals surface area contributed by atoms with E-state index in [0.717, 1.165) is 89.9 Å². The lowest BCUT2D eigenvalue weighted by Gasteiger charge is -2.24. The van der Waals surface area contributed by atoms with Crippen molar-refractivity contribution < 1.29 is 24.5 Å². The number of hydrogen-bond acceptors (Lipinski definition) is 5. The number of unbranched alkanes of at least 4 members (excludes halogenated alkanes) is 31. The van der Waals surface area contributed by atoms with E-state index in [1.807, 2.05) is 0 Å². The lowest BCUT2D eigenvalue weighted by molar-refractivity contribution is -0.151. The fourth-order valence-electron chi connectivity index (χ4n) is 8.62. The molecule has 0 saturated heterocycles. The Kier molecular flexibility index (Phi) is 51.0. The SMILES string of the molecule is CC/C=C/C/C=C/C/C=C/CCCCCCC(CC(=O)NC(CO)C(O)CCCCCCCCCCCCCCCCC)OC(=O)CCCCCCCCC/C=C/CCCCCCCC. The van der Waals surface area contributed by atoms with Gasteiger partial charge in [-0.2, -0.15) is 0 Å². The minimum Gasteiger partial charge on any atom is -0.462 e. The van der Waals surface area contributed by atoms with Crippen LogP contribution in [0.4, 0.5) is 0 Å². The molecule has 0 aliphatic carbocycles. The van der Waals surface area contributed by atoms with Crippen LogP contribution in [-0.4, -0.2) is 46.9 Å². The van der Waals surface area contributed by atoms with Crippen LogP contribution in [-0.2, 0) is 14.3 Å². The molecule has 6 heteroatoms. The summed E-state index contributed by atoms with van der Waals surface area (Å²) in [7, 11) is 0. The van der Waals surface area contributed by atoms with E-state index in [2.05, 4.69) is 74.7 Å². The molecule has 3 N–H and O–H groups in total. The molecule has 65 heavy (non-hydrogen) atoms. The average molecular weight is 913 g/mol. The first-order valence-electron chi connectivity index (χ1n) is 28.4. The second-order valence-corrected chi connectivity index (χ2v) is 19.3. The van der Waals surface area contributed by atoms with Crippen LogP contribution < -0.4 is 5.32 Å². The van der Waals surface area contributed by atoms with Crippen LogP contribution in [0.3, 0.4) is 0 Å². The third kappa shape index (κ3) is 48.1. The van der Waals surface area contributed by atoms with E-state index in [1.165, 1.54) is 154 Å². The summed E-state index contributed by atoms with van der Waals surface area (Å²) < 4.78 is 5.95. The fraction of sp³-hybridized carbons (Fsp3) is 0.831. The Labute approximate surface area is 404 Å². The van der Waals surface area contributed by atoms with Crippen LogP contribution in [0.2, 0.25) is 0 Å². The van der Waals surface area contributed by atoms with Gasteiger partial charge in [0.2, 0.25) is 5.91 Å². The molecule has 1 amide bonds. The number of nitrogens with one attached hydrogen (secondary N) is 1. The molecule has 3 unspecified atom stereocenters. The quantitative estimate of drug-likeness (QED) is 0.0321. The van der Waals surface area contributed by atoms with Gasteiger partial charge in [-0.15, -0.1) is 0 Å². The van der Waals surface area contributed by atoms with Crippen molar-refractivity contribution in [3.63, 3.8) is 0 Å². The Morgan fingerprint density at radius 2 is 0.831 bits per heavy atom. The molecule has 0 aliphatic heterocycles. The molecular weight excluding hydrogens is 803 g/mol. The van der Waals surface area contributed by atoms with Crippen molar-refractivity contribution in [2.45, 2.75) is 309 Å². The van der Waals surface area contributed by atoms with Gasteiger partial charge in [-0.05, 0) is 83.5 Å². The largest absolute Gasteiger partial charge is 0.462 e. The standard InChI is InChI=1S/C59H109NO5/c1-4-7-10-13-16-19-22-25-28-29-31-34-37-40-43-46-49-52-59(64)65-55(50-47-44-41-38-35-32-27-24-21-18-15-12-9-6-3)53-58(63)60-56(54-61)57(62)51-48-45-42-39-36-33-30-26-23-20-17-14-11-8-5-2/h9,12,18,21,25,27-28,32,55-57,61-62H,4-8,10-11,13-17,19-20,22-24,26,29-31,33-54H2,1-3H3,(H,60,63)/b12-9+,21-18+,28-25+,32-27+. The van der Waals surface area contributed by atoms with Gasteiger partial charge in [0.15, 0.2) is 0 Å². The van der Waals surface area contributed by atoms with Crippen LogP contribution in [0, 0.1) is 0 Å². The first-order chi connectivity index (χ1) is 32.0. The summed E-state index contributed by atoms with van der Waals surface area (Å²) in [6.07, 6.45) is 64.6. The highest BCUT2D eigenvalue weighted by Gasteiger charge is 2.24. The van der Waals surface area contributed by atoms with Gasteiger partial charge in [0, 0.05) is 6.42 Å². The van der Waals surface area contributed by atoms with Gasteiger partial charge < -0.3 is 20.3 Å². The van der Waals surface area contributed by atoms with Crippen molar-refractivity contribution in [3.05, 3.63) is 48.6 Å². The smallest absolute Gasteiger partial charge is 0.306 e. The Bertz CT molecular complexity index is 1110. The molecule has 0 radical (unpaired) electrons. The number of amides is 1. The predicted octanol–water partition coefficient (Wildman–Crippen LogP) is 17.4. The Morgan fingerprint density at radius 3 is 1.28 bits per heavy atom. The molecule has 0 aliphatic rings. The number of esters is 1. The zero-order valence-electron chi connectivity index (χ0n) is 43.4. The number of carbonyl (C=O) groups is 2. The normalized spacial score (nSPS) is 13.5. The second kappa shape index (κ2) is 52.8. The van der Waals surface area contributed by atoms with E-state index in [-0.39, 0.29) is 24.9 Å². The molecule has 3 atom stereocenters. The molecule has 380 valence electrons. The van der Waals surface area contributed by atoms with E-state index in [1.54, 1.807) is 0 Å². The maximum atomic E-state index is 13.3. The van der Waals surface area contributed by atoms with Gasteiger partial charge in [-0.1, -0.05) is 243 Å².